The van der Waals surface area contributed by atoms with E-state index < -0.39 is 0 Å². The summed E-state index contributed by atoms with van der Waals surface area (Å²) < 4.78 is 13.4. The van der Waals surface area contributed by atoms with Crippen LogP contribution in [-0.2, 0) is 11.3 Å². The van der Waals surface area contributed by atoms with Gasteiger partial charge in [0, 0.05) is 17.3 Å². The van der Waals surface area contributed by atoms with Crippen molar-refractivity contribution in [3.8, 4) is 22.7 Å². The molecule has 0 radical (unpaired) electrons. The zero-order chi connectivity index (χ0) is 25.1. The molecule has 2 aromatic heterocycles. The molecule has 0 N–H and O–H groups in total. The fourth-order valence-corrected chi connectivity index (χ4v) is 5.14. The number of furan rings is 1. The summed E-state index contributed by atoms with van der Waals surface area (Å²) in [6, 6.07) is 19.4. The molecule has 5 rings (SSSR count). The van der Waals surface area contributed by atoms with Crippen LogP contribution in [0, 0.1) is 6.92 Å². The van der Waals surface area contributed by atoms with Gasteiger partial charge >= 0.3 is 0 Å². The van der Waals surface area contributed by atoms with Crippen LogP contribution in [0.15, 0.2) is 95.1 Å². The van der Waals surface area contributed by atoms with Gasteiger partial charge in [0.05, 0.1) is 23.4 Å². The molecule has 36 heavy (non-hydrogen) atoms. The quantitative estimate of drug-likeness (QED) is 0.154. The van der Waals surface area contributed by atoms with Crippen LogP contribution in [0.25, 0.3) is 23.0 Å². The monoisotopic (exact) mass is 513 g/mol. The molecule has 0 bridgehead atoms. The molecule has 2 aromatic carbocycles. The molecule has 0 atom stereocenters. The van der Waals surface area contributed by atoms with Gasteiger partial charge in [0.15, 0.2) is 0 Å². The third-order valence-electron chi connectivity index (χ3n) is 5.64. The van der Waals surface area contributed by atoms with E-state index in [9.17, 15) is 4.79 Å². The smallest absolute Gasteiger partial charge is 0.266 e. The first kappa shape index (κ1) is 23.8. The molecule has 1 aliphatic heterocycles. The number of rotatable bonds is 8. The number of aromatic nitrogens is 2. The summed E-state index contributed by atoms with van der Waals surface area (Å²) in [7, 11) is 0. The lowest BCUT2D eigenvalue weighted by Crippen LogP contribution is -2.27. The number of para-hydroxylation sites is 1. The molecule has 180 valence electrons. The first-order chi connectivity index (χ1) is 17.5. The van der Waals surface area contributed by atoms with E-state index in [1.807, 2.05) is 78.5 Å². The largest absolute Gasteiger partial charge is 0.490 e. The summed E-state index contributed by atoms with van der Waals surface area (Å²) in [4.78, 5) is 15.3. The molecular weight excluding hydrogens is 490 g/mol. The van der Waals surface area contributed by atoms with Crippen molar-refractivity contribution in [2.75, 3.05) is 6.61 Å². The van der Waals surface area contributed by atoms with E-state index in [1.165, 1.54) is 11.8 Å². The topological polar surface area (TPSA) is 60.5 Å². The third kappa shape index (κ3) is 4.91. The second kappa shape index (κ2) is 10.4. The maximum absolute atomic E-state index is 13.2. The first-order valence-electron chi connectivity index (χ1n) is 11.3. The van der Waals surface area contributed by atoms with Gasteiger partial charge in [-0.1, -0.05) is 54.8 Å². The van der Waals surface area contributed by atoms with Crippen LogP contribution in [0.5, 0.6) is 5.75 Å². The standard InChI is InChI=1S/C28H23N3O3S2/c1-3-13-33-22-11-12-24(19(2)15-22)26-20(17-31(29-26)21-8-5-4-6-9-21)16-25-27(32)30(28(35)36-25)18-23-10-7-14-34-23/h3-12,14-17H,1,13,18H2,2H3/b25-16-. The molecular formula is C28H23N3O3S2. The molecule has 6 nitrogen and oxygen atoms in total. The molecule has 1 aliphatic rings. The van der Waals surface area contributed by atoms with E-state index in [1.54, 1.807) is 23.3 Å². The first-order valence-corrected chi connectivity index (χ1v) is 12.5. The van der Waals surface area contributed by atoms with Gasteiger partial charge in [0.1, 0.15) is 28.1 Å². The highest BCUT2D eigenvalue weighted by molar-refractivity contribution is 8.26. The van der Waals surface area contributed by atoms with E-state index in [0.29, 0.717) is 28.1 Å². The number of ether oxygens (including phenoxy) is 1. The van der Waals surface area contributed by atoms with Crippen molar-refractivity contribution < 1.29 is 13.9 Å². The molecule has 0 spiro atoms. The minimum Gasteiger partial charge on any atom is -0.490 e. The second-order valence-corrected chi connectivity index (χ2v) is 9.81. The van der Waals surface area contributed by atoms with E-state index >= 15 is 0 Å². The number of thiocarbonyl (C=S) groups is 1. The highest BCUT2D eigenvalue weighted by atomic mass is 32.2. The van der Waals surface area contributed by atoms with Gasteiger partial charge in [0.2, 0.25) is 0 Å². The van der Waals surface area contributed by atoms with Gasteiger partial charge < -0.3 is 9.15 Å². The number of amides is 1. The van der Waals surface area contributed by atoms with Gasteiger partial charge in [0.25, 0.3) is 5.91 Å². The summed E-state index contributed by atoms with van der Waals surface area (Å²) in [6.45, 7) is 6.46. The zero-order valence-corrected chi connectivity index (χ0v) is 21.2. The lowest BCUT2D eigenvalue weighted by Gasteiger charge is -2.12. The SMILES string of the molecule is C=CCOc1ccc(-c2nn(-c3ccccc3)cc2/C=C2\SC(=S)N(Cc3ccco3)C2=O)c(C)c1. The minimum absolute atomic E-state index is 0.148. The summed E-state index contributed by atoms with van der Waals surface area (Å²) in [6.07, 6.45) is 7.10. The average Bonchev–Trinajstić information content (AvgIpc) is 3.61. The number of hydrogen-bond donors (Lipinski definition) is 0. The minimum atomic E-state index is -0.148. The molecule has 1 fully saturated rings. The highest BCUT2D eigenvalue weighted by Gasteiger charge is 2.33. The fourth-order valence-electron chi connectivity index (χ4n) is 3.90. The predicted octanol–water partition coefficient (Wildman–Crippen LogP) is 6.41. The molecule has 1 saturated heterocycles. The van der Waals surface area contributed by atoms with Crippen molar-refractivity contribution in [2.45, 2.75) is 13.5 Å². The predicted molar refractivity (Wildman–Crippen MR) is 147 cm³/mol. The van der Waals surface area contributed by atoms with Gasteiger partial charge in [-0.25, -0.2) is 4.68 Å². The van der Waals surface area contributed by atoms with E-state index in [-0.39, 0.29) is 5.91 Å². The van der Waals surface area contributed by atoms with Crippen molar-refractivity contribution in [1.29, 1.82) is 0 Å². The Morgan fingerprint density at radius 2 is 2.00 bits per heavy atom. The molecule has 4 aromatic rings. The van der Waals surface area contributed by atoms with Gasteiger partial charge in [-0.05, 0) is 61.0 Å². The lowest BCUT2D eigenvalue weighted by molar-refractivity contribution is -0.122. The number of hydrogen-bond acceptors (Lipinski definition) is 6. The molecule has 0 aliphatic carbocycles. The van der Waals surface area contributed by atoms with Gasteiger partial charge in [-0.3, -0.25) is 9.69 Å². The highest BCUT2D eigenvalue weighted by Crippen LogP contribution is 2.36. The van der Waals surface area contributed by atoms with Crippen LogP contribution in [-0.4, -0.2) is 31.5 Å². The van der Waals surface area contributed by atoms with E-state index in [4.69, 9.17) is 26.5 Å². The Labute approximate surface area is 218 Å². The van der Waals surface area contributed by atoms with Crippen LogP contribution >= 0.6 is 24.0 Å². The Kier molecular flexibility index (Phi) is 6.88. The van der Waals surface area contributed by atoms with Crippen molar-refractivity contribution in [2.24, 2.45) is 0 Å². The van der Waals surface area contributed by atoms with E-state index in [2.05, 4.69) is 6.58 Å². The van der Waals surface area contributed by atoms with Gasteiger partial charge in [-0.2, -0.15) is 5.10 Å². The maximum atomic E-state index is 13.2. The number of nitrogens with zero attached hydrogens (tertiary/aromatic N) is 3. The Morgan fingerprint density at radius 3 is 2.72 bits per heavy atom. The molecule has 8 heteroatoms. The Hall–Kier alpha value is -3.88. The lowest BCUT2D eigenvalue weighted by atomic mass is 10.0. The summed E-state index contributed by atoms with van der Waals surface area (Å²) in [5.41, 5.74) is 4.47. The fraction of sp³-hybridized carbons (Fsp3) is 0.107. The number of benzene rings is 2. The zero-order valence-electron chi connectivity index (χ0n) is 19.6. The van der Waals surface area contributed by atoms with Gasteiger partial charge in [-0.15, -0.1) is 0 Å². The third-order valence-corrected chi connectivity index (χ3v) is 7.02. The summed E-state index contributed by atoms with van der Waals surface area (Å²) in [5.74, 6) is 1.29. The Balaban J connectivity index is 1.54. The van der Waals surface area contributed by atoms with E-state index in [0.717, 1.165) is 33.8 Å². The molecule has 0 saturated carbocycles. The average molecular weight is 514 g/mol. The molecule has 0 unspecified atom stereocenters. The number of aryl methyl sites for hydroxylation is 1. The number of thioether (sulfide) groups is 1. The van der Waals surface area contributed by atoms with Crippen LogP contribution in [0.2, 0.25) is 0 Å². The molecule has 3 heterocycles. The van der Waals surface area contributed by atoms with Crippen molar-refractivity contribution in [3.63, 3.8) is 0 Å². The summed E-state index contributed by atoms with van der Waals surface area (Å²) in [5, 5.41) is 4.90. The number of carbonyl (C=O) groups excluding carboxylic acids is 1. The number of carbonyl (C=O) groups is 1. The normalized spacial score (nSPS) is 14.6. The Bertz CT molecular complexity index is 1460. The summed E-state index contributed by atoms with van der Waals surface area (Å²) >= 11 is 6.79. The van der Waals surface area contributed by atoms with Crippen LogP contribution in [0.1, 0.15) is 16.9 Å². The van der Waals surface area contributed by atoms with Crippen LogP contribution in [0.4, 0.5) is 0 Å². The van der Waals surface area contributed by atoms with Crippen molar-refractivity contribution >= 4 is 40.3 Å². The maximum Gasteiger partial charge on any atom is 0.266 e. The second-order valence-electron chi connectivity index (χ2n) is 8.14. The van der Waals surface area contributed by atoms with Crippen LogP contribution in [0.3, 0.4) is 0 Å². The van der Waals surface area contributed by atoms with Crippen molar-refractivity contribution in [3.05, 3.63) is 108 Å². The Morgan fingerprint density at radius 1 is 1.17 bits per heavy atom. The van der Waals surface area contributed by atoms with Crippen LogP contribution < -0.4 is 4.74 Å². The molecule has 1 amide bonds. The van der Waals surface area contributed by atoms with Crippen molar-refractivity contribution in [1.82, 2.24) is 14.7 Å².